The molecule has 3 amide bonds. The van der Waals surface area contributed by atoms with Gasteiger partial charge in [0.15, 0.2) is 0 Å². The van der Waals surface area contributed by atoms with Gasteiger partial charge in [-0.15, -0.1) is 0 Å². The molecule has 0 aliphatic carbocycles. The minimum atomic E-state index is -0.660. The maximum Gasteiger partial charge on any atom is 0.234 e. The highest BCUT2D eigenvalue weighted by Crippen LogP contribution is 2.14. The Balaban J connectivity index is 1.70. The number of aliphatic hydroxyl groups is 3. The summed E-state index contributed by atoms with van der Waals surface area (Å²) in [6.07, 6.45) is 0. The number of carbonyl (C=O) groups is 3. The third-order valence-corrected chi connectivity index (χ3v) is 6.26. The molecule has 6 N–H and O–H groups in total. The number of rotatable bonds is 15. The number of benzene rings is 3. The molecule has 0 saturated carbocycles. The van der Waals surface area contributed by atoms with Gasteiger partial charge in [0, 0.05) is 0 Å². The second-order valence-corrected chi connectivity index (χ2v) is 9.29. The summed E-state index contributed by atoms with van der Waals surface area (Å²) in [6.45, 7) is -1.93. The summed E-state index contributed by atoms with van der Waals surface area (Å²) in [5.74, 6) is -1.48. The van der Waals surface area contributed by atoms with Crippen molar-refractivity contribution in [2.75, 3.05) is 39.5 Å². The largest absolute Gasteiger partial charge is 0.394 e. The van der Waals surface area contributed by atoms with Gasteiger partial charge in [-0.25, -0.2) is 0 Å². The van der Waals surface area contributed by atoms with E-state index < -0.39 is 35.8 Å². The molecule has 3 rings (SSSR count). The molecule has 10 heteroatoms. The molecule has 10 nitrogen and oxygen atoms in total. The van der Waals surface area contributed by atoms with Crippen LogP contribution in [0.1, 0.15) is 34.8 Å². The fourth-order valence-electron chi connectivity index (χ4n) is 4.26. The molecule has 0 aliphatic rings. The van der Waals surface area contributed by atoms with Gasteiger partial charge in [0.2, 0.25) is 17.7 Å². The number of hydrogen-bond acceptors (Lipinski definition) is 7. The molecule has 40 heavy (non-hydrogen) atoms. The molecule has 0 heterocycles. The first-order chi connectivity index (χ1) is 19.4. The molecule has 3 aromatic carbocycles. The quantitative estimate of drug-likeness (QED) is 0.165. The molecule has 3 atom stereocenters. The van der Waals surface area contributed by atoms with Gasteiger partial charge in [0.25, 0.3) is 0 Å². The predicted octanol–water partition coefficient (Wildman–Crippen LogP) is 0.838. The second kappa shape index (κ2) is 16.1. The number of nitrogens with zero attached hydrogens (tertiary/aromatic N) is 1. The van der Waals surface area contributed by atoms with Gasteiger partial charge in [0.05, 0.1) is 57.6 Å². The molecule has 0 bridgehead atoms. The van der Waals surface area contributed by atoms with E-state index >= 15 is 0 Å². The highest BCUT2D eigenvalue weighted by atomic mass is 16.3. The minimum Gasteiger partial charge on any atom is -0.394 e. The third-order valence-electron chi connectivity index (χ3n) is 6.26. The number of hydrogen-bond donors (Lipinski definition) is 6. The van der Waals surface area contributed by atoms with Crippen LogP contribution in [0.2, 0.25) is 0 Å². The standard InChI is InChI=1S/C30H36N4O6/c35-19-25(22-10-4-1-5-11-22)31-28(38)16-34(17-29(39)32-26(20-36)23-12-6-2-7-13-23)18-30(40)33-27(21-37)24-14-8-3-9-15-24/h1-15,25-27,35-37H,16-21H2,(H,31,38)(H,32,39)(H,33,40)/t25-,26-,27-/m1/s1. The Bertz CT molecular complexity index is 1050. The summed E-state index contributed by atoms with van der Waals surface area (Å²) in [7, 11) is 0. The Morgan fingerprint density at radius 1 is 0.500 bits per heavy atom. The molecule has 212 valence electrons. The van der Waals surface area contributed by atoms with Crippen LogP contribution < -0.4 is 16.0 Å². The summed E-state index contributed by atoms with van der Waals surface area (Å²) < 4.78 is 0. The van der Waals surface area contributed by atoms with Crippen LogP contribution in [-0.2, 0) is 14.4 Å². The Morgan fingerprint density at radius 3 is 0.975 bits per heavy atom. The minimum absolute atomic E-state index is 0.311. The Kier molecular flexibility index (Phi) is 12.3. The number of carbonyl (C=O) groups excluding carboxylic acids is 3. The molecule has 0 spiro atoms. The van der Waals surface area contributed by atoms with Crippen LogP contribution >= 0.6 is 0 Å². The fourth-order valence-corrected chi connectivity index (χ4v) is 4.26. The molecule has 0 unspecified atom stereocenters. The predicted molar refractivity (Wildman–Crippen MR) is 150 cm³/mol. The normalized spacial score (nSPS) is 13.2. The van der Waals surface area contributed by atoms with E-state index in [4.69, 9.17) is 0 Å². The lowest BCUT2D eigenvalue weighted by Gasteiger charge is -2.25. The Morgan fingerprint density at radius 2 is 0.750 bits per heavy atom. The zero-order chi connectivity index (χ0) is 28.7. The van der Waals surface area contributed by atoms with E-state index in [1.165, 1.54) is 4.90 Å². The lowest BCUT2D eigenvalue weighted by molar-refractivity contribution is -0.128. The van der Waals surface area contributed by atoms with Crippen molar-refractivity contribution in [2.24, 2.45) is 0 Å². The SMILES string of the molecule is O=C(CN(CC(=O)N[C@H](CO)c1ccccc1)CC(=O)N[C@H](CO)c1ccccc1)N[C@H](CO)c1ccccc1. The molecule has 0 radical (unpaired) electrons. The maximum absolute atomic E-state index is 13.0. The molecular weight excluding hydrogens is 512 g/mol. The van der Waals surface area contributed by atoms with E-state index in [0.717, 1.165) is 0 Å². The lowest BCUT2D eigenvalue weighted by Crippen LogP contribution is -2.48. The van der Waals surface area contributed by atoms with Crippen LogP contribution in [-0.4, -0.2) is 77.4 Å². The molecule has 0 aliphatic heterocycles. The first-order valence-electron chi connectivity index (χ1n) is 13.0. The maximum atomic E-state index is 13.0. The van der Waals surface area contributed by atoms with E-state index in [0.29, 0.717) is 16.7 Å². The number of nitrogens with one attached hydrogen (secondary N) is 3. The van der Waals surface area contributed by atoms with E-state index in [2.05, 4.69) is 16.0 Å². The van der Waals surface area contributed by atoms with E-state index in [1.54, 1.807) is 72.8 Å². The van der Waals surface area contributed by atoms with Crippen molar-refractivity contribution in [2.45, 2.75) is 18.1 Å². The van der Waals surface area contributed by atoms with Gasteiger partial charge in [-0.2, -0.15) is 0 Å². The van der Waals surface area contributed by atoms with Crippen molar-refractivity contribution in [1.29, 1.82) is 0 Å². The summed E-state index contributed by atoms with van der Waals surface area (Å²) in [5, 5.41) is 37.7. The smallest absolute Gasteiger partial charge is 0.234 e. The first kappa shape index (κ1) is 30.5. The van der Waals surface area contributed by atoms with Gasteiger partial charge >= 0.3 is 0 Å². The highest BCUT2D eigenvalue weighted by molar-refractivity contribution is 5.84. The summed E-state index contributed by atoms with van der Waals surface area (Å²) in [5.41, 5.74) is 2.13. The van der Waals surface area contributed by atoms with Crippen LogP contribution in [0.3, 0.4) is 0 Å². The van der Waals surface area contributed by atoms with Crippen LogP contribution in [0.25, 0.3) is 0 Å². The van der Waals surface area contributed by atoms with Crippen LogP contribution in [0.5, 0.6) is 0 Å². The van der Waals surface area contributed by atoms with Crippen molar-refractivity contribution in [3.05, 3.63) is 108 Å². The molecular formula is C30H36N4O6. The number of aliphatic hydroxyl groups excluding tert-OH is 3. The summed E-state index contributed by atoms with van der Waals surface area (Å²) in [4.78, 5) is 40.2. The van der Waals surface area contributed by atoms with E-state index in [1.807, 2.05) is 18.2 Å². The number of amides is 3. The monoisotopic (exact) mass is 548 g/mol. The molecule has 0 fully saturated rings. The molecule has 3 aromatic rings. The van der Waals surface area contributed by atoms with Crippen LogP contribution in [0.4, 0.5) is 0 Å². The molecule has 0 saturated heterocycles. The highest BCUT2D eigenvalue weighted by Gasteiger charge is 2.23. The van der Waals surface area contributed by atoms with Crippen molar-refractivity contribution in [3.8, 4) is 0 Å². The van der Waals surface area contributed by atoms with E-state index in [-0.39, 0.29) is 39.5 Å². The fraction of sp³-hybridized carbons (Fsp3) is 0.300. The zero-order valence-electron chi connectivity index (χ0n) is 22.1. The van der Waals surface area contributed by atoms with Crippen molar-refractivity contribution < 1.29 is 29.7 Å². The van der Waals surface area contributed by atoms with Crippen molar-refractivity contribution >= 4 is 17.7 Å². The van der Waals surface area contributed by atoms with E-state index in [9.17, 15) is 29.7 Å². The zero-order valence-corrected chi connectivity index (χ0v) is 22.1. The van der Waals surface area contributed by atoms with Gasteiger partial charge in [-0.1, -0.05) is 91.0 Å². The Hall–Kier alpha value is -4.09. The third kappa shape index (κ3) is 9.58. The first-order valence-corrected chi connectivity index (χ1v) is 13.0. The summed E-state index contributed by atoms with van der Waals surface area (Å²) >= 11 is 0. The molecule has 0 aromatic heterocycles. The van der Waals surface area contributed by atoms with Crippen LogP contribution in [0.15, 0.2) is 91.0 Å². The van der Waals surface area contributed by atoms with Gasteiger partial charge < -0.3 is 31.3 Å². The van der Waals surface area contributed by atoms with Gasteiger partial charge in [-0.3, -0.25) is 19.3 Å². The van der Waals surface area contributed by atoms with Gasteiger partial charge in [0.1, 0.15) is 0 Å². The average Bonchev–Trinajstić information content (AvgIpc) is 2.98. The average molecular weight is 549 g/mol. The summed E-state index contributed by atoms with van der Waals surface area (Å²) in [6, 6.07) is 24.9. The van der Waals surface area contributed by atoms with Gasteiger partial charge in [-0.05, 0) is 16.7 Å². The van der Waals surface area contributed by atoms with Crippen LogP contribution in [0, 0.1) is 0 Å². The lowest BCUT2D eigenvalue weighted by atomic mass is 10.1. The van der Waals surface area contributed by atoms with Crippen molar-refractivity contribution in [1.82, 2.24) is 20.9 Å². The topological polar surface area (TPSA) is 151 Å². The Labute approximate surface area is 233 Å². The van der Waals surface area contributed by atoms with Crippen molar-refractivity contribution in [3.63, 3.8) is 0 Å². The second-order valence-electron chi connectivity index (χ2n) is 9.29.